The molecule has 0 spiro atoms. The van der Waals surface area contributed by atoms with Crippen LogP contribution in [0.15, 0.2) is 36.8 Å². The minimum absolute atomic E-state index is 0.00461. The zero-order valence-electron chi connectivity index (χ0n) is 15.0. The van der Waals surface area contributed by atoms with E-state index in [1.54, 1.807) is 12.4 Å². The monoisotopic (exact) mass is 384 g/mol. The van der Waals surface area contributed by atoms with Crippen LogP contribution in [0.5, 0.6) is 0 Å². The first-order chi connectivity index (χ1) is 13.1. The maximum Gasteiger partial charge on any atom is 0.267 e. The summed E-state index contributed by atoms with van der Waals surface area (Å²) in [7, 11) is 0. The van der Waals surface area contributed by atoms with E-state index in [1.165, 1.54) is 17.5 Å². The lowest BCUT2D eigenvalue weighted by Gasteiger charge is -2.10. The Hall–Kier alpha value is -3.04. The Morgan fingerprint density at radius 3 is 2.63 bits per heavy atom. The van der Waals surface area contributed by atoms with Gasteiger partial charge in [0.1, 0.15) is 10.7 Å². The number of carbonyl (C=O) groups is 1. The van der Waals surface area contributed by atoms with E-state index in [2.05, 4.69) is 30.9 Å². The van der Waals surface area contributed by atoms with Crippen molar-refractivity contribution in [3.63, 3.8) is 0 Å². The van der Waals surface area contributed by atoms with Gasteiger partial charge >= 0.3 is 0 Å². The van der Waals surface area contributed by atoms with Crippen molar-refractivity contribution in [2.75, 3.05) is 29.1 Å². The lowest BCUT2D eigenvalue weighted by Crippen LogP contribution is -2.12. The molecule has 0 saturated carbocycles. The second kappa shape index (κ2) is 8.56. The first kappa shape index (κ1) is 18.7. The molecule has 140 valence electrons. The van der Waals surface area contributed by atoms with Crippen LogP contribution in [0.4, 0.5) is 22.5 Å². The van der Waals surface area contributed by atoms with Gasteiger partial charge in [0.2, 0.25) is 0 Å². The number of aryl methyl sites for hydroxylation is 2. The molecule has 8 nitrogen and oxygen atoms in total. The smallest absolute Gasteiger partial charge is 0.267 e. The van der Waals surface area contributed by atoms with E-state index in [1.807, 2.05) is 32.0 Å². The number of carbonyl (C=O) groups excluding carboxylic acids is 1. The number of benzene rings is 1. The number of hydrogen-bond donors (Lipinski definition) is 4. The number of rotatable bonds is 7. The molecule has 0 unspecified atom stereocenters. The molecule has 3 aromatic rings. The molecule has 2 aromatic heterocycles. The maximum absolute atomic E-state index is 12.5. The molecule has 4 N–H and O–H groups in total. The summed E-state index contributed by atoms with van der Waals surface area (Å²) in [6, 6.07) is 5.87. The van der Waals surface area contributed by atoms with Crippen LogP contribution in [0.25, 0.3) is 0 Å². The molecular formula is C18H20N6O2S. The summed E-state index contributed by atoms with van der Waals surface area (Å²) in [5.41, 5.74) is 2.83. The van der Waals surface area contributed by atoms with Gasteiger partial charge in [0, 0.05) is 12.2 Å². The minimum Gasteiger partial charge on any atom is -0.395 e. The number of hydrogen-bond acceptors (Lipinski definition) is 8. The number of amides is 1. The molecule has 0 aliphatic heterocycles. The highest BCUT2D eigenvalue weighted by Gasteiger charge is 2.13. The van der Waals surface area contributed by atoms with E-state index in [9.17, 15) is 4.79 Å². The standard InChI is InChI=1S/C18H20N6O2S/c1-11-4-3-5-12(2)16(11)24-17(26)13-8-21-18(27-13)23-15-10-19-9-14(22-15)20-6-7-25/h3-5,8-10,25H,6-7H2,1-2H3,(H,24,26)(H2,20,21,22,23). The predicted octanol–water partition coefficient (Wildman–Crippen LogP) is 2.95. The fourth-order valence-corrected chi connectivity index (χ4v) is 3.15. The fraction of sp³-hybridized carbons (Fsp3) is 0.222. The lowest BCUT2D eigenvalue weighted by molar-refractivity contribution is 0.103. The van der Waals surface area contributed by atoms with E-state index in [0.717, 1.165) is 16.8 Å². The van der Waals surface area contributed by atoms with E-state index in [4.69, 9.17) is 5.11 Å². The van der Waals surface area contributed by atoms with Gasteiger partial charge < -0.3 is 21.1 Å². The highest BCUT2D eigenvalue weighted by molar-refractivity contribution is 7.17. The summed E-state index contributed by atoms with van der Waals surface area (Å²) in [4.78, 5) is 25.6. The van der Waals surface area contributed by atoms with Crippen molar-refractivity contribution in [3.05, 3.63) is 52.8 Å². The molecule has 9 heteroatoms. The van der Waals surface area contributed by atoms with Gasteiger partial charge in [-0.3, -0.25) is 9.78 Å². The third-order valence-electron chi connectivity index (χ3n) is 3.74. The molecule has 0 radical (unpaired) electrons. The number of para-hydroxylation sites is 1. The zero-order valence-corrected chi connectivity index (χ0v) is 15.8. The van der Waals surface area contributed by atoms with Gasteiger partial charge in [0.05, 0.1) is 25.2 Å². The van der Waals surface area contributed by atoms with Crippen molar-refractivity contribution in [2.45, 2.75) is 13.8 Å². The van der Waals surface area contributed by atoms with Gasteiger partial charge in [-0.25, -0.2) is 9.97 Å². The number of aliphatic hydroxyl groups is 1. The molecular weight excluding hydrogens is 364 g/mol. The van der Waals surface area contributed by atoms with Crippen LogP contribution < -0.4 is 16.0 Å². The maximum atomic E-state index is 12.5. The van der Waals surface area contributed by atoms with Crippen LogP contribution in [0.1, 0.15) is 20.8 Å². The van der Waals surface area contributed by atoms with E-state index in [-0.39, 0.29) is 12.5 Å². The first-order valence-electron chi connectivity index (χ1n) is 8.34. The third kappa shape index (κ3) is 4.78. The molecule has 0 atom stereocenters. The van der Waals surface area contributed by atoms with Crippen molar-refractivity contribution in [1.29, 1.82) is 0 Å². The first-order valence-corrected chi connectivity index (χ1v) is 9.15. The van der Waals surface area contributed by atoms with Crippen LogP contribution >= 0.6 is 11.3 Å². The number of nitrogens with zero attached hydrogens (tertiary/aromatic N) is 3. The lowest BCUT2D eigenvalue weighted by atomic mass is 10.1. The number of anilines is 4. The number of aromatic nitrogens is 3. The van der Waals surface area contributed by atoms with Gasteiger partial charge in [0.25, 0.3) is 5.91 Å². The molecule has 1 aromatic carbocycles. The molecule has 3 rings (SSSR count). The topological polar surface area (TPSA) is 112 Å². The van der Waals surface area contributed by atoms with Crippen molar-refractivity contribution in [2.24, 2.45) is 0 Å². The van der Waals surface area contributed by atoms with Crippen LogP contribution in [-0.2, 0) is 0 Å². The predicted molar refractivity (Wildman–Crippen MR) is 107 cm³/mol. The van der Waals surface area contributed by atoms with Crippen LogP contribution in [0.3, 0.4) is 0 Å². The molecule has 27 heavy (non-hydrogen) atoms. The van der Waals surface area contributed by atoms with Gasteiger partial charge in [0.15, 0.2) is 10.9 Å². The van der Waals surface area contributed by atoms with Crippen molar-refractivity contribution >= 4 is 39.7 Å². The summed E-state index contributed by atoms with van der Waals surface area (Å²) < 4.78 is 0. The van der Waals surface area contributed by atoms with E-state index < -0.39 is 0 Å². The normalized spacial score (nSPS) is 10.5. The summed E-state index contributed by atoms with van der Waals surface area (Å²) in [5.74, 6) is 0.829. The fourth-order valence-electron chi connectivity index (χ4n) is 2.43. The van der Waals surface area contributed by atoms with Crippen molar-refractivity contribution in [1.82, 2.24) is 15.0 Å². The number of aliphatic hydroxyl groups excluding tert-OH is 1. The quantitative estimate of drug-likeness (QED) is 0.495. The Morgan fingerprint density at radius 2 is 1.89 bits per heavy atom. The van der Waals surface area contributed by atoms with Gasteiger partial charge in [-0.2, -0.15) is 0 Å². The van der Waals surface area contributed by atoms with Crippen LogP contribution in [-0.4, -0.2) is 39.1 Å². The second-order valence-electron chi connectivity index (χ2n) is 5.82. The number of thiazole rings is 1. The zero-order chi connectivity index (χ0) is 19.2. The summed E-state index contributed by atoms with van der Waals surface area (Å²) >= 11 is 1.23. The van der Waals surface area contributed by atoms with Crippen LogP contribution in [0.2, 0.25) is 0 Å². The van der Waals surface area contributed by atoms with Gasteiger partial charge in [-0.15, -0.1) is 0 Å². The van der Waals surface area contributed by atoms with Gasteiger partial charge in [-0.1, -0.05) is 29.5 Å². The minimum atomic E-state index is -0.206. The number of nitrogens with one attached hydrogen (secondary N) is 3. The van der Waals surface area contributed by atoms with Crippen molar-refractivity contribution in [3.8, 4) is 0 Å². The van der Waals surface area contributed by atoms with E-state index in [0.29, 0.717) is 28.2 Å². The Labute approximate surface area is 160 Å². The Bertz CT molecular complexity index is 923. The summed E-state index contributed by atoms with van der Waals surface area (Å²) in [5, 5.41) is 18.3. The van der Waals surface area contributed by atoms with Crippen LogP contribution in [0, 0.1) is 13.8 Å². The average molecular weight is 384 g/mol. The average Bonchev–Trinajstić information content (AvgIpc) is 3.12. The third-order valence-corrected chi connectivity index (χ3v) is 4.65. The Morgan fingerprint density at radius 1 is 1.15 bits per heavy atom. The van der Waals surface area contributed by atoms with Crippen molar-refractivity contribution < 1.29 is 9.90 Å². The molecule has 0 aliphatic rings. The summed E-state index contributed by atoms with van der Waals surface area (Å²) in [6.07, 6.45) is 4.64. The van der Waals surface area contributed by atoms with E-state index >= 15 is 0 Å². The molecule has 2 heterocycles. The molecule has 1 amide bonds. The largest absolute Gasteiger partial charge is 0.395 e. The Balaban J connectivity index is 1.69. The molecule has 0 saturated heterocycles. The molecule has 0 fully saturated rings. The second-order valence-corrected chi connectivity index (χ2v) is 6.85. The highest BCUT2D eigenvalue weighted by atomic mass is 32.1. The highest BCUT2D eigenvalue weighted by Crippen LogP contribution is 2.25. The van der Waals surface area contributed by atoms with Gasteiger partial charge in [-0.05, 0) is 25.0 Å². The SMILES string of the molecule is Cc1cccc(C)c1NC(=O)c1cnc(Nc2cncc(NCCO)n2)s1. The summed E-state index contributed by atoms with van der Waals surface area (Å²) in [6.45, 7) is 4.31. The molecule has 0 bridgehead atoms. The molecule has 0 aliphatic carbocycles. The Kier molecular flexibility index (Phi) is 5.94.